The minimum atomic E-state index is -0.914. The van der Waals surface area contributed by atoms with Crippen molar-refractivity contribution in [3.05, 3.63) is 12.2 Å². The second-order valence-electron chi connectivity index (χ2n) is 6.15. The molecule has 2 N–H and O–H groups in total. The number of aliphatic hydroxyl groups is 2. The fraction of sp³-hybridized carbons (Fsp3) is 0.850. The number of aliphatic hydroxyl groups excluding tert-OH is 2. The van der Waals surface area contributed by atoms with Crippen molar-refractivity contribution in [2.75, 3.05) is 13.2 Å². The predicted octanol–water partition coefficient (Wildman–Crippen LogP) is 0.749. The van der Waals surface area contributed by atoms with Crippen molar-refractivity contribution in [2.24, 2.45) is 0 Å². The molecule has 0 aliphatic carbocycles. The third-order valence-electron chi connectivity index (χ3n) is 3.74. The molecule has 0 aliphatic heterocycles. The first-order valence-corrected chi connectivity index (χ1v) is 9.75. The standard InChI is InChI=1S/C18H34O2.C2H6O2.Na/c1-2-3-4-5-6-7-8-9-10-11-12-13-14-15-16-17-18(19)20;3-1-2-4;/h9-10H,2-8,11-17H2,1H3,(H,19,20);3-4H,1-2H2;/q;;+1/p-1/b10-9-;;. The Hall–Kier alpha value is 0.130. The first kappa shape index (κ1) is 29.9. The van der Waals surface area contributed by atoms with Gasteiger partial charge in [-0.2, -0.15) is 0 Å². The molecule has 0 aliphatic rings. The van der Waals surface area contributed by atoms with E-state index in [-0.39, 0.29) is 49.2 Å². The van der Waals surface area contributed by atoms with Crippen LogP contribution in [0.2, 0.25) is 0 Å². The van der Waals surface area contributed by atoms with Crippen LogP contribution in [0.5, 0.6) is 0 Å². The Balaban J connectivity index is -0.000000867. The van der Waals surface area contributed by atoms with Crippen LogP contribution in [-0.2, 0) is 4.79 Å². The smallest absolute Gasteiger partial charge is 0.550 e. The van der Waals surface area contributed by atoms with Gasteiger partial charge in [0.15, 0.2) is 0 Å². The number of carboxylic acids is 1. The van der Waals surface area contributed by atoms with Crippen LogP contribution in [0.3, 0.4) is 0 Å². The first-order valence-electron chi connectivity index (χ1n) is 9.75. The van der Waals surface area contributed by atoms with Crippen LogP contribution in [-0.4, -0.2) is 29.4 Å². The maximum absolute atomic E-state index is 10.2. The van der Waals surface area contributed by atoms with Crippen molar-refractivity contribution in [1.29, 1.82) is 0 Å². The molecule has 0 unspecified atom stereocenters. The van der Waals surface area contributed by atoms with Crippen molar-refractivity contribution >= 4 is 5.97 Å². The van der Waals surface area contributed by atoms with Gasteiger partial charge in [0.1, 0.15) is 0 Å². The zero-order valence-corrected chi connectivity index (χ0v) is 18.7. The predicted molar refractivity (Wildman–Crippen MR) is 98.6 cm³/mol. The summed E-state index contributed by atoms with van der Waals surface area (Å²) in [6, 6.07) is 0. The largest absolute Gasteiger partial charge is 1.00 e. The summed E-state index contributed by atoms with van der Waals surface area (Å²) in [6.45, 7) is 2.01. The average molecular weight is 367 g/mol. The van der Waals surface area contributed by atoms with E-state index in [0.717, 1.165) is 19.3 Å². The van der Waals surface area contributed by atoms with Crippen molar-refractivity contribution in [3.8, 4) is 0 Å². The third kappa shape index (κ3) is 36.0. The summed E-state index contributed by atoms with van der Waals surface area (Å²) in [6.07, 6.45) is 20.9. The van der Waals surface area contributed by atoms with Crippen LogP contribution in [0.15, 0.2) is 12.2 Å². The molecule has 0 saturated carbocycles. The van der Waals surface area contributed by atoms with E-state index in [2.05, 4.69) is 19.1 Å². The number of hydrogen-bond donors (Lipinski definition) is 2. The van der Waals surface area contributed by atoms with Crippen molar-refractivity contribution < 1.29 is 49.7 Å². The summed E-state index contributed by atoms with van der Waals surface area (Å²) in [4.78, 5) is 10.2. The molecule has 0 spiro atoms. The molecule has 0 bridgehead atoms. The van der Waals surface area contributed by atoms with Gasteiger partial charge < -0.3 is 20.1 Å². The van der Waals surface area contributed by atoms with Crippen LogP contribution in [0.1, 0.15) is 96.8 Å². The SMILES string of the molecule is CCCCCCCC/C=C\CCCCCCCC(=O)[O-].OCCO.[Na+]. The molecule has 0 heterocycles. The number of rotatable bonds is 16. The Morgan fingerprint density at radius 2 is 1.16 bits per heavy atom. The zero-order valence-electron chi connectivity index (χ0n) is 16.7. The number of hydrogen-bond acceptors (Lipinski definition) is 4. The molecule has 0 rings (SSSR count). The molecule has 0 aromatic carbocycles. The number of carboxylic acid groups (broad SMARTS) is 1. The summed E-state index contributed by atoms with van der Waals surface area (Å²) in [5, 5.41) is 25.5. The molecule has 25 heavy (non-hydrogen) atoms. The van der Waals surface area contributed by atoms with Crippen LogP contribution in [0.25, 0.3) is 0 Å². The average Bonchev–Trinajstić information content (AvgIpc) is 2.58. The summed E-state index contributed by atoms with van der Waals surface area (Å²) in [5.41, 5.74) is 0. The zero-order chi connectivity index (χ0) is 18.3. The van der Waals surface area contributed by atoms with Gasteiger partial charge in [-0.3, -0.25) is 0 Å². The monoisotopic (exact) mass is 366 g/mol. The normalized spacial score (nSPS) is 10.2. The maximum Gasteiger partial charge on any atom is 1.00 e. The number of unbranched alkanes of at least 4 members (excludes halogenated alkanes) is 11. The van der Waals surface area contributed by atoms with E-state index >= 15 is 0 Å². The number of carbonyl (C=O) groups excluding carboxylic acids is 1. The van der Waals surface area contributed by atoms with E-state index in [4.69, 9.17) is 10.2 Å². The third-order valence-corrected chi connectivity index (χ3v) is 3.74. The fourth-order valence-electron chi connectivity index (χ4n) is 2.34. The van der Waals surface area contributed by atoms with Gasteiger partial charge in [0.05, 0.1) is 13.2 Å². The minimum Gasteiger partial charge on any atom is -0.550 e. The van der Waals surface area contributed by atoms with Gasteiger partial charge >= 0.3 is 29.6 Å². The molecule has 5 heteroatoms. The Kier molecular flexibility index (Phi) is 34.6. The Morgan fingerprint density at radius 3 is 1.56 bits per heavy atom. The van der Waals surface area contributed by atoms with E-state index in [1.165, 1.54) is 64.2 Å². The van der Waals surface area contributed by atoms with Crippen LogP contribution < -0.4 is 34.7 Å². The molecule has 144 valence electrons. The molecule has 4 nitrogen and oxygen atoms in total. The van der Waals surface area contributed by atoms with E-state index in [9.17, 15) is 9.90 Å². The Labute approximate surface area is 177 Å². The summed E-state index contributed by atoms with van der Waals surface area (Å²) < 4.78 is 0. The second kappa shape index (κ2) is 28.9. The molecule has 0 radical (unpaired) electrons. The molecule has 0 aromatic heterocycles. The Morgan fingerprint density at radius 1 is 0.760 bits per heavy atom. The maximum atomic E-state index is 10.2. The summed E-state index contributed by atoms with van der Waals surface area (Å²) >= 11 is 0. The van der Waals surface area contributed by atoms with Crippen molar-refractivity contribution in [2.45, 2.75) is 96.8 Å². The molecule has 0 amide bonds. The Bertz CT molecular complexity index is 268. The minimum absolute atomic E-state index is 0. The van der Waals surface area contributed by atoms with Gasteiger partial charge in [-0.05, 0) is 38.5 Å². The van der Waals surface area contributed by atoms with Gasteiger partial charge in [-0.25, -0.2) is 0 Å². The van der Waals surface area contributed by atoms with Crippen LogP contribution in [0.4, 0.5) is 0 Å². The van der Waals surface area contributed by atoms with Crippen molar-refractivity contribution in [1.82, 2.24) is 0 Å². The van der Waals surface area contributed by atoms with Gasteiger partial charge in [0, 0.05) is 5.97 Å². The van der Waals surface area contributed by atoms with Crippen LogP contribution in [0, 0.1) is 0 Å². The van der Waals surface area contributed by atoms with Gasteiger partial charge in [0.2, 0.25) is 0 Å². The van der Waals surface area contributed by atoms with E-state index < -0.39 is 5.97 Å². The fourth-order valence-corrected chi connectivity index (χ4v) is 2.34. The topological polar surface area (TPSA) is 80.6 Å². The van der Waals surface area contributed by atoms with E-state index in [1.54, 1.807) is 0 Å². The van der Waals surface area contributed by atoms with Crippen molar-refractivity contribution in [3.63, 3.8) is 0 Å². The van der Waals surface area contributed by atoms with E-state index in [0.29, 0.717) is 0 Å². The first-order chi connectivity index (χ1) is 11.7. The molecule has 0 atom stereocenters. The summed E-state index contributed by atoms with van der Waals surface area (Å²) in [5.74, 6) is -0.914. The number of allylic oxidation sites excluding steroid dienone is 2. The summed E-state index contributed by atoms with van der Waals surface area (Å²) in [7, 11) is 0. The molecule has 0 saturated heterocycles. The van der Waals surface area contributed by atoms with Gasteiger partial charge in [-0.1, -0.05) is 70.4 Å². The molecular formula is C20H39NaO4. The molecular weight excluding hydrogens is 327 g/mol. The van der Waals surface area contributed by atoms with E-state index in [1.807, 2.05) is 0 Å². The van der Waals surface area contributed by atoms with Gasteiger partial charge in [0.25, 0.3) is 0 Å². The molecule has 0 fully saturated rings. The number of aliphatic carboxylic acids is 1. The van der Waals surface area contributed by atoms with Crippen LogP contribution >= 0.6 is 0 Å². The molecule has 0 aromatic rings. The second-order valence-corrected chi connectivity index (χ2v) is 6.15. The quantitative estimate of drug-likeness (QED) is 0.240. The number of carbonyl (C=O) groups is 1. The van der Waals surface area contributed by atoms with Gasteiger partial charge in [-0.15, -0.1) is 0 Å².